The highest BCUT2D eigenvalue weighted by Crippen LogP contribution is 2.44. The molecular weight excluding hydrogens is 432 g/mol. The van der Waals surface area contributed by atoms with Crippen molar-refractivity contribution in [2.75, 3.05) is 13.2 Å². The third kappa shape index (κ3) is 4.39. The van der Waals surface area contributed by atoms with Crippen molar-refractivity contribution in [2.45, 2.75) is 63.5 Å². The highest BCUT2D eigenvalue weighted by Gasteiger charge is 2.49. The molecule has 34 heavy (non-hydrogen) atoms. The van der Waals surface area contributed by atoms with Crippen molar-refractivity contribution in [3.8, 4) is 11.1 Å². The Morgan fingerprint density at radius 1 is 1.12 bits per heavy atom. The zero-order chi connectivity index (χ0) is 24.3. The van der Waals surface area contributed by atoms with Crippen LogP contribution in [0.3, 0.4) is 0 Å². The van der Waals surface area contributed by atoms with Gasteiger partial charge < -0.3 is 20.1 Å². The van der Waals surface area contributed by atoms with Gasteiger partial charge in [-0.1, -0.05) is 61.9 Å². The van der Waals surface area contributed by atoms with Crippen molar-refractivity contribution in [2.24, 2.45) is 0 Å². The number of nitrogens with zero attached hydrogens (tertiary/aromatic N) is 1. The van der Waals surface area contributed by atoms with Crippen LogP contribution in [0.4, 0.5) is 4.79 Å². The minimum absolute atomic E-state index is 0.0307. The SMILES string of the molecule is CCCC1(C(=O)O)CCCN1C(=O)CC(C)NC(=O)OCC1c2ccccc2-c2ccccc21. The van der Waals surface area contributed by atoms with Gasteiger partial charge >= 0.3 is 12.1 Å². The van der Waals surface area contributed by atoms with Gasteiger partial charge in [-0.2, -0.15) is 0 Å². The fourth-order valence-corrected chi connectivity index (χ4v) is 5.51. The van der Waals surface area contributed by atoms with E-state index in [0.29, 0.717) is 32.2 Å². The van der Waals surface area contributed by atoms with E-state index in [1.807, 2.05) is 31.2 Å². The fourth-order valence-electron chi connectivity index (χ4n) is 5.51. The Labute approximate surface area is 200 Å². The molecule has 4 rings (SSSR count). The summed E-state index contributed by atoms with van der Waals surface area (Å²) in [6.07, 6.45) is 1.71. The Bertz CT molecular complexity index is 1040. The number of fused-ring (bicyclic) bond motifs is 3. The molecule has 7 heteroatoms. The summed E-state index contributed by atoms with van der Waals surface area (Å²) < 4.78 is 5.57. The van der Waals surface area contributed by atoms with Gasteiger partial charge in [0.1, 0.15) is 12.1 Å². The highest BCUT2D eigenvalue weighted by atomic mass is 16.5. The van der Waals surface area contributed by atoms with E-state index >= 15 is 0 Å². The van der Waals surface area contributed by atoms with Gasteiger partial charge in [-0.15, -0.1) is 0 Å². The van der Waals surface area contributed by atoms with Crippen molar-refractivity contribution in [1.82, 2.24) is 10.2 Å². The van der Waals surface area contributed by atoms with Gasteiger partial charge in [-0.3, -0.25) is 4.79 Å². The molecule has 2 aromatic rings. The zero-order valence-corrected chi connectivity index (χ0v) is 19.8. The molecule has 0 radical (unpaired) electrons. The first kappa shape index (κ1) is 23.8. The van der Waals surface area contributed by atoms with Crippen LogP contribution < -0.4 is 5.32 Å². The third-order valence-corrected chi connectivity index (χ3v) is 7.04. The normalized spacial score (nSPS) is 19.9. The number of likely N-dealkylation sites (tertiary alicyclic amines) is 1. The molecule has 180 valence electrons. The predicted octanol–water partition coefficient (Wildman–Crippen LogP) is 4.55. The van der Waals surface area contributed by atoms with Crippen molar-refractivity contribution < 1.29 is 24.2 Å². The van der Waals surface area contributed by atoms with Gasteiger partial charge in [0.25, 0.3) is 0 Å². The number of rotatable bonds is 8. The lowest BCUT2D eigenvalue weighted by Crippen LogP contribution is -2.54. The first-order valence-electron chi connectivity index (χ1n) is 12.0. The Kier molecular flexibility index (Phi) is 6.91. The summed E-state index contributed by atoms with van der Waals surface area (Å²) in [7, 11) is 0. The van der Waals surface area contributed by atoms with Crippen LogP contribution in [0, 0.1) is 0 Å². The summed E-state index contributed by atoms with van der Waals surface area (Å²) in [6.45, 7) is 4.29. The molecule has 2 amide bonds. The monoisotopic (exact) mass is 464 g/mol. The number of carbonyl (C=O) groups excluding carboxylic acids is 2. The van der Waals surface area contributed by atoms with Crippen LogP contribution in [0.1, 0.15) is 63.0 Å². The summed E-state index contributed by atoms with van der Waals surface area (Å²) in [6, 6.07) is 15.8. The molecule has 1 fully saturated rings. The fraction of sp³-hybridized carbons (Fsp3) is 0.444. The number of carboxylic acid groups (broad SMARTS) is 1. The van der Waals surface area contributed by atoms with Crippen molar-refractivity contribution in [1.29, 1.82) is 0 Å². The molecule has 1 saturated heterocycles. The zero-order valence-electron chi connectivity index (χ0n) is 19.8. The maximum atomic E-state index is 12.9. The van der Waals surface area contributed by atoms with Crippen molar-refractivity contribution in [3.05, 3.63) is 59.7 Å². The van der Waals surface area contributed by atoms with Crippen LogP contribution >= 0.6 is 0 Å². The smallest absolute Gasteiger partial charge is 0.407 e. The van der Waals surface area contributed by atoms with E-state index in [2.05, 4.69) is 29.6 Å². The van der Waals surface area contributed by atoms with E-state index < -0.39 is 23.6 Å². The highest BCUT2D eigenvalue weighted by molar-refractivity contribution is 5.88. The molecule has 2 aromatic carbocycles. The first-order valence-corrected chi connectivity index (χ1v) is 12.0. The number of aliphatic carboxylic acids is 1. The molecule has 2 aliphatic rings. The van der Waals surface area contributed by atoms with Gasteiger partial charge in [0.2, 0.25) is 5.91 Å². The van der Waals surface area contributed by atoms with E-state index in [0.717, 1.165) is 22.3 Å². The first-order chi connectivity index (χ1) is 16.4. The van der Waals surface area contributed by atoms with Gasteiger partial charge in [-0.05, 0) is 48.4 Å². The van der Waals surface area contributed by atoms with Crippen LogP contribution in [-0.4, -0.2) is 52.7 Å². The summed E-state index contributed by atoms with van der Waals surface area (Å²) >= 11 is 0. The Hall–Kier alpha value is -3.35. The molecule has 1 heterocycles. The van der Waals surface area contributed by atoms with E-state index in [1.54, 1.807) is 6.92 Å². The molecule has 0 spiro atoms. The van der Waals surface area contributed by atoms with Crippen molar-refractivity contribution in [3.63, 3.8) is 0 Å². The minimum atomic E-state index is -1.13. The average Bonchev–Trinajstić information content (AvgIpc) is 3.38. The van der Waals surface area contributed by atoms with Gasteiger partial charge in [0.05, 0.1) is 0 Å². The summed E-state index contributed by atoms with van der Waals surface area (Å²) in [5, 5.41) is 12.6. The van der Waals surface area contributed by atoms with E-state index in [-0.39, 0.29) is 24.9 Å². The van der Waals surface area contributed by atoms with Crippen LogP contribution in [0.5, 0.6) is 0 Å². The predicted molar refractivity (Wildman–Crippen MR) is 129 cm³/mol. The number of carboxylic acids is 1. The number of carbonyl (C=O) groups is 3. The molecule has 1 aliphatic heterocycles. The molecular formula is C27H32N2O5. The van der Waals surface area contributed by atoms with Crippen LogP contribution in [-0.2, 0) is 14.3 Å². The number of hydrogen-bond acceptors (Lipinski definition) is 4. The molecule has 0 saturated carbocycles. The minimum Gasteiger partial charge on any atom is -0.479 e. The molecule has 2 N–H and O–H groups in total. The molecule has 2 atom stereocenters. The third-order valence-electron chi connectivity index (χ3n) is 7.04. The van der Waals surface area contributed by atoms with Crippen molar-refractivity contribution >= 4 is 18.0 Å². The number of nitrogens with one attached hydrogen (secondary N) is 1. The lowest BCUT2D eigenvalue weighted by molar-refractivity contribution is -0.157. The standard InChI is InChI=1S/C27H32N2O5/c1-3-13-27(25(31)32)14-8-15-29(27)24(30)16-18(2)28-26(33)34-17-23-21-11-6-4-9-19(21)20-10-5-7-12-22(20)23/h4-7,9-12,18,23H,3,8,13-17H2,1-2H3,(H,28,33)(H,31,32). The van der Waals surface area contributed by atoms with Gasteiger partial charge in [-0.25, -0.2) is 9.59 Å². The molecule has 1 aliphatic carbocycles. The second-order valence-corrected chi connectivity index (χ2v) is 9.31. The summed E-state index contributed by atoms with van der Waals surface area (Å²) in [4.78, 5) is 39.0. The van der Waals surface area contributed by atoms with Crippen LogP contribution in [0.2, 0.25) is 0 Å². The lowest BCUT2D eigenvalue weighted by Gasteiger charge is -2.35. The Morgan fingerprint density at radius 3 is 2.32 bits per heavy atom. The van der Waals surface area contributed by atoms with Gasteiger partial charge in [0, 0.05) is 24.9 Å². The average molecular weight is 465 g/mol. The van der Waals surface area contributed by atoms with E-state index in [1.165, 1.54) is 4.90 Å². The quantitative estimate of drug-likeness (QED) is 0.598. The van der Waals surface area contributed by atoms with E-state index in [9.17, 15) is 19.5 Å². The second kappa shape index (κ2) is 9.87. The van der Waals surface area contributed by atoms with Crippen LogP contribution in [0.25, 0.3) is 11.1 Å². The number of amides is 2. The Balaban J connectivity index is 1.34. The molecule has 2 unspecified atom stereocenters. The maximum absolute atomic E-state index is 12.9. The lowest BCUT2D eigenvalue weighted by atomic mass is 9.90. The topological polar surface area (TPSA) is 95.9 Å². The van der Waals surface area contributed by atoms with Crippen LogP contribution in [0.15, 0.2) is 48.5 Å². The number of alkyl carbamates (subject to hydrolysis) is 1. The number of ether oxygens (including phenoxy) is 1. The summed E-state index contributed by atoms with van der Waals surface area (Å²) in [5.74, 6) is -1.23. The molecule has 7 nitrogen and oxygen atoms in total. The molecule has 0 aromatic heterocycles. The molecule has 0 bridgehead atoms. The number of benzene rings is 2. The maximum Gasteiger partial charge on any atom is 0.407 e. The van der Waals surface area contributed by atoms with E-state index in [4.69, 9.17) is 4.74 Å². The second-order valence-electron chi connectivity index (χ2n) is 9.31. The Morgan fingerprint density at radius 2 is 1.74 bits per heavy atom. The summed E-state index contributed by atoms with van der Waals surface area (Å²) in [5.41, 5.74) is 3.45. The van der Waals surface area contributed by atoms with Gasteiger partial charge in [0.15, 0.2) is 0 Å². The largest absolute Gasteiger partial charge is 0.479 e. The number of hydrogen-bond donors (Lipinski definition) is 2.